The van der Waals surface area contributed by atoms with Crippen LogP contribution in [0.5, 0.6) is 0 Å². The Morgan fingerprint density at radius 1 is 0.714 bits per heavy atom. The molecule has 7 heteroatoms. The molecule has 0 aliphatic heterocycles. The van der Waals surface area contributed by atoms with Gasteiger partial charge in [0.2, 0.25) is 0 Å². The number of hydrogen-bond acceptors (Lipinski definition) is 6. The first-order valence-electron chi connectivity index (χ1n) is 5.55. The molecule has 0 aliphatic rings. The first-order chi connectivity index (χ1) is 9.43. The topological polar surface area (TPSA) is 132 Å². The number of anilines is 2. The maximum atomic E-state index is 10.2. The standard InChI is InChI=1S/2C7H7NO2.Zn/c2*8-6-4-2-1-3-5(6)7(9)10;/h2*1-4H,8H2,(H,9,10);/q;;+2/p-2. The molecular weight excluding hydrogens is 326 g/mol. The molecule has 2 aromatic rings. The van der Waals surface area contributed by atoms with Crippen LogP contribution >= 0.6 is 0 Å². The van der Waals surface area contributed by atoms with E-state index in [0.29, 0.717) is 0 Å². The van der Waals surface area contributed by atoms with Crippen molar-refractivity contribution in [2.45, 2.75) is 0 Å². The SMILES string of the molecule is Nc1ccccc1C(=O)[O-].Nc1ccccc1C(=O)[O-].[Zn+2]. The summed E-state index contributed by atoms with van der Waals surface area (Å²) in [6, 6.07) is 12.4. The Morgan fingerprint density at radius 3 is 1.19 bits per heavy atom. The molecule has 0 saturated carbocycles. The summed E-state index contributed by atoms with van der Waals surface area (Å²) in [6.07, 6.45) is 0. The van der Waals surface area contributed by atoms with Crippen molar-refractivity contribution in [3.63, 3.8) is 0 Å². The van der Waals surface area contributed by atoms with Crippen LogP contribution in [0.4, 0.5) is 11.4 Å². The fraction of sp³-hybridized carbons (Fsp3) is 0. The molecule has 104 valence electrons. The molecule has 0 saturated heterocycles. The second kappa shape index (κ2) is 8.71. The van der Waals surface area contributed by atoms with Gasteiger partial charge in [-0.3, -0.25) is 0 Å². The number of carboxylic acids is 2. The average molecular weight is 338 g/mol. The van der Waals surface area contributed by atoms with Crippen LogP contribution in [0.1, 0.15) is 20.7 Å². The van der Waals surface area contributed by atoms with E-state index in [1.807, 2.05) is 0 Å². The maximum Gasteiger partial charge on any atom is 2.00 e. The van der Waals surface area contributed by atoms with Gasteiger partial charge in [0.25, 0.3) is 0 Å². The molecule has 6 nitrogen and oxygen atoms in total. The number of carbonyl (C=O) groups is 2. The van der Waals surface area contributed by atoms with E-state index in [1.165, 1.54) is 24.3 Å². The third kappa shape index (κ3) is 5.62. The second-order valence-electron chi connectivity index (χ2n) is 3.75. The minimum Gasteiger partial charge on any atom is -0.545 e. The zero-order valence-electron chi connectivity index (χ0n) is 11.1. The van der Waals surface area contributed by atoms with Crippen LogP contribution in [-0.4, -0.2) is 11.9 Å². The Bertz CT molecular complexity index is 576. The maximum absolute atomic E-state index is 10.2. The molecule has 2 rings (SSSR count). The Kier molecular flexibility index (Phi) is 7.72. The van der Waals surface area contributed by atoms with Gasteiger partial charge in [-0.25, -0.2) is 0 Å². The number of nitrogen functional groups attached to an aromatic ring is 2. The van der Waals surface area contributed by atoms with Crippen LogP contribution in [-0.2, 0) is 19.5 Å². The Labute approximate surface area is 134 Å². The third-order valence-corrected chi connectivity index (χ3v) is 2.36. The van der Waals surface area contributed by atoms with Crippen LogP contribution in [0.25, 0.3) is 0 Å². The van der Waals surface area contributed by atoms with E-state index in [-0.39, 0.29) is 42.0 Å². The Morgan fingerprint density at radius 2 is 1.00 bits per heavy atom. The van der Waals surface area contributed by atoms with Gasteiger partial charge in [0.1, 0.15) is 0 Å². The molecule has 0 bridgehead atoms. The monoisotopic (exact) mass is 336 g/mol. The zero-order chi connectivity index (χ0) is 15.1. The van der Waals surface area contributed by atoms with Crippen LogP contribution in [0.15, 0.2) is 48.5 Å². The van der Waals surface area contributed by atoms with E-state index in [2.05, 4.69) is 0 Å². The molecule has 0 amide bonds. The van der Waals surface area contributed by atoms with Crippen molar-refractivity contribution < 1.29 is 39.3 Å². The number of aromatic carboxylic acids is 2. The number of carboxylic acid groups (broad SMARTS) is 2. The Hall–Kier alpha value is -2.40. The molecule has 0 aromatic heterocycles. The molecular formula is C14H12N2O4Zn. The molecule has 2 aromatic carbocycles. The summed E-state index contributed by atoms with van der Waals surface area (Å²) >= 11 is 0. The summed E-state index contributed by atoms with van der Waals surface area (Å²) in [5, 5.41) is 20.5. The number of hydrogen-bond donors (Lipinski definition) is 2. The van der Waals surface area contributed by atoms with Crippen molar-refractivity contribution in [3.8, 4) is 0 Å². The van der Waals surface area contributed by atoms with Gasteiger partial charge in [-0.2, -0.15) is 0 Å². The molecule has 0 spiro atoms. The van der Waals surface area contributed by atoms with E-state index in [1.54, 1.807) is 24.3 Å². The van der Waals surface area contributed by atoms with Gasteiger partial charge in [0.15, 0.2) is 0 Å². The number of nitrogens with two attached hydrogens (primary N) is 2. The van der Waals surface area contributed by atoms with Crippen molar-refractivity contribution in [2.75, 3.05) is 11.5 Å². The van der Waals surface area contributed by atoms with Crippen molar-refractivity contribution in [1.29, 1.82) is 0 Å². The summed E-state index contributed by atoms with van der Waals surface area (Å²) < 4.78 is 0. The summed E-state index contributed by atoms with van der Waals surface area (Å²) in [5.74, 6) is -2.48. The molecule has 4 N–H and O–H groups in total. The van der Waals surface area contributed by atoms with Gasteiger partial charge in [0.05, 0.1) is 11.9 Å². The molecule has 21 heavy (non-hydrogen) atoms. The smallest absolute Gasteiger partial charge is 0.545 e. The van der Waals surface area contributed by atoms with Gasteiger partial charge < -0.3 is 31.3 Å². The molecule has 0 heterocycles. The molecule has 0 radical (unpaired) electrons. The predicted octanol–water partition coefficient (Wildman–Crippen LogP) is -0.738. The summed E-state index contributed by atoms with van der Waals surface area (Å²) in [4.78, 5) is 20.5. The van der Waals surface area contributed by atoms with E-state index >= 15 is 0 Å². The van der Waals surface area contributed by atoms with E-state index in [0.717, 1.165) is 0 Å². The van der Waals surface area contributed by atoms with Crippen LogP contribution in [0.3, 0.4) is 0 Å². The summed E-state index contributed by atoms with van der Waals surface area (Å²) in [6.45, 7) is 0. The normalized spacial score (nSPS) is 8.76. The van der Waals surface area contributed by atoms with Crippen LogP contribution < -0.4 is 21.7 Å². The first-order valence-corrected chi connectivity index (χ1v) is 5.55. The number of rotatable bonds is 2. The number of carbonyl (C=O) groups excluding carboxylic acids is 2. The zero-order valence-corrected chi connectivity index (χ0v) is 14.1. The minimum absolute atomic E-state index is 0. The molecule has 0 fully saturated rings. The number of benzene rings is 2. The van der Waals surface area contributed by atoms with Crippen molar-refractivity contribution in [2.24, 2.45) is 0 Å². The van der Waals surface area contributed by atoms with Crippen LogP contribution in [0, 0.1) is 0 Å². The van der Waals surface area contributed by atoms with Gasteiger partial charge in [-0.1, -0.05) is 36.4 Å². The van der Waals surface area contributed by atoms with Crippen molar-refractivity contribution in [3.05, 3.63) is 59.7 Å². The fourth-order valence-electron chi connectivity index (χ4n) is 1.37. The van der Waals surface area contributed by atoms with Gasteiger partial charge in [0, 0.05) is 22.5 Å². The number of para-hydroxylation sites is 2. The molecule has 0 unspecified atom stereocenters. The predicted molar refractivity (Wildman–Crippen MR) is 70.4 cm³/mol. The van der Waals surface area contributed by atoms with E-state index < -0.39 is 11.9 Å². The fourth-order valence-corrected chi connectivity index (χ4v) is 1.37. The largest absolute Gasteiger partial charge is 2.00 e. The molecule has 0 aliphatic carbocycles. The second-order valence-corrected chi connectivity index (χ2v) is 3.75. The third-order valence-electron chi connectivity index (χ3n) is 2.36. The van der Waals surface area contributed by atoms with Crippen LogP contribution in [0.2, 0.25) is 0 Å². The summed E-state index contributed by atoms with van der Waals surface area (Å²) in [7, 11) is 0. The van der Waals surface area contributed by atoms with E-state index in [4.69, 9.17) is 11.5 Å². The summed E-state index contributed by atoms with van der Waals surface area (Å²) in [5.41, 5.74) is 11.2. The minimum atomic E-state index is -1.24. The quantitative estimate of drug-likeness (QED) is 0.548. The van der Waals surface area contributed by atoms with Gasteiger partial charge >= 0.3 is 19.5 Å². The van der Waals surface area contributed by atoms with E-state index in [9.17, 15) is 19.8 Å². The Balaban J connectivity index is 0.000000364. The molecule has 0 atom stereocenters. The van der Waals surface area contributed by atoms with Gasteiger partial charge in [-0.15, -0.1) is 0 Å². The van der Waals surface area contributed by atoms with Gasteiger partial charge in [-0.05, 0) is 12.1 Å². The van der Waals surface area contributed by atoms with Crippen molar-refractivity contribution in [1.82, 2.24) is 0 Å². The van der Waals surface area contributed by atoms with Crippen molar-refractivity contribution >= 4 is 23.3 Å². The average Bonchev–Trinajstić information content (AvgIpc) is 2.40. The first kappa shape index (κ1) is 18.6.